The van der Waals surface area contributed by atoms with Gasteiger partial charge in [0, 0.05) is 16.3 Å². The van der Waals surface area contributed by atoms with Crippen LogP contribution in [0.2, 0.25) is 0 Å². The Morgan fingerprint density at radius 1 is 1.12 bits per heavy atom. The van der Waals surface area contributed by atoms with E-state index in [9.17, 15) is 17.6 Å². The zero-order valence-corrected chi connectivity index (χ0v) is 14.9. The number of carbonyl (C=O) groups excluding carboxylic acids is 1. The maximum absolute atomic E-state index is 14.2. The molecule has 7 heteroatoms. The summed E-state index contributed by atoms with van der Waals surface area (Å²) in [6.45, 7) is 0.0122. The van der Waals surface area contributed by atoms with Crippen LogP contribution in [0, 0.1) is 5.82 Å². The van der Waals surface area contributed by atoms with Crippen molar-refractivity contribution in [3.05, 3.63) is 63.9 Å². The Hall–Kier alpha value is -1.99. The van der Waals surface area contributed by atoms with Crippen LogP contribution < -0.4 is 0 Å². The predicted octanol–water partition coefficient (Wildman–Crippen LogP) is 3.46. The summed E-state index contributed by atoms with van der Waals surface area (Å²) < 4.78 is 43.1. The number of esters is 1. The standard InChI is InChI=1S/C17H12BrFO4S/c1-24(21,22)15-6-5-10(8-14(15)19)13-9-23-17(20)16(13)11-3-2-4-12(18)7-11/h2-8H,9H2,1H3. The summed E-state index contributed by atoms with van der Waals surface area (Å²) in [6.07, 6.45) is 0.944. The fourth-order valence-electron chi connectivity index (χ4n) is 2.56. The first kappa shape index (κ1) is 16.9. The van der Waals surface area contributed by atoms with Gasteiger partial charge in [-0.05, 0) is 35.4 Å². The Morgan fingerprint density at radius 3 is 2.50 bits per heavy atom. The van der Waals surface area contributed by atoms with E-state index in [1.807, 2.05) is 6.07 Å². The van der Waals surface area contributed by atoms with Gasteiger partial charge in [0.05, 0.1) is 5.57 Å². The molecule has 0 radical (unpaired) electrons. The van der Waals surface area contributed by atoms with Gasteiger partial charge in [0.1, 0.15) is 17.3 Å². The third-order valence-corrected chi connectivity index (χ3v) is 5.27. The molecule has 1 heterocycles. The lowest BCUT2D eigenvalue weighted by atomic mass is 9.97. The van der Waals surface area contributed by atoms with Crippen molar-refractivity contribution in [2.75, 3.05) is 12.9 Å². The quantitative estimate of drug-likeness (QED) is 0.726. The van der Waals surface area contributed by atoms with E-state index in [2.05, 4.69) is 15.9 Å². The Balaban J connectivity index is 2.16. The van der Waals surface area contributed by atoms with Crippen molar-refractivity contribution in [1.82, 2.24) is 0 Å². The maximum Gasteiger partial charge on any atom is 0.339 e. The monoisotopic (exact) mass is 410 g/mol. The number of rotatable bonds is 3. The molecule has 0 bridgehead atoms. The smallest absolute Gasteiger partial charge is 0.339 e. The van der Waals surface area contributed by atoms with E-state index in [0.29, 0.717) is 22.3 Å². The average Bonchev–Trinajstić information content (AvgIpc) is 2.87. The molecule has 1 aliphatic heterocycles. The lowest BCUT2D eigenvalue weighted by molar-refractivity contribution is -0.133. The number of hydrogen-bond donors (Lipinski definition) is 0. The average molecular weight is 411 g/mol. The molecule has 0 aromatic heterocycles. The lowest BCUT2D eigenvalue weighted by Gasteiger charge is -2.07. The molecule has 4 nitrogen and oxygen atoms in total. The molecule has 0 aliphatic carbocycles. The molecule has 3 rings (SSSR count). The number of carbonyl (C=O) groups is 1. The molecule has 0 saturated heterocycles. The van der Waals surface area contributed by atoms with Crippen LogP contribution in [0.1, 0.15) is 11.1 Å². The summed E-state index contributed by atoms with van der Waals surface area (Å²) >= 11 is 3.35. The van der Waals surface area contributed by atoms with Crippen LogP contribution in [-0.2, 0) is 19.4 Å². The molecule has 0 amide bonds. The Kier molecular flexibility index (Phi) is 4.31. The summed E-state index contributed by atoms with van der Waals surface area (Å²) in [5.41, 5.74) is 1.94. The SMILES string of the molecule is CS(=O)(=O)c1ccc(C2=C(c3cccc(Br)c3)C(=O)OC2)cc1F. The second kappa shape index (κ2) is 6.14. The van der Waals surface area contributed by atoms with Gasteiger partial charge in [0.2, 0.25) is 0 Å². The van der Waals surface area contributed by atoms with Crippen LogP contribution in [0.5, 0.6) is 0 Å². The van der Waals surface area contributed by atoms with Crippen LogP contribution in [0.3, 0.4) is 0 Å². The normalized spacial score (nSPS) is 14.9. The van der Waals surface area contributed by atoms with E-state index in [1.165, 1.54) is 12.1 Å². The van der Waals surface area contributed by atoms with Crippen molar-refractivity contribution in [3.63, 3.8) is 0 Å². The number of sulfone groups is 1. The first-order chi connectivity index (χ1) is 11.3. The third-order valence-electron chi connectivity index (χ3n) is 3.65. The number of cyclic esters (lactones) is 1. The topological polar surface area (TPSA) is 60.4 Å². The number of hydrogen-bond acceptors (Lipinski definition) is 4. The Bertz CT molecular complexity index is 980. The van der Waals surface area contributed by atoms with E-state index in [1.54, 1.807) is 18.2 Å². The van der Waals surface area contributed by atoms with Crippen LogP contribution in [0.25, 0.3) is 11.1 Å². The van der Waals surface area contributed by atoms with Crippen LogP contribution >= 0.6 is 15.9 Å². The predicted molar refractivity (Wildman–Crippen MR) is 91.4 cm³/mol. The van der Waals surface area contributed by atoms with Crippen molar-refractivity contribution in [2.45, 2.75) is 4.90 Å². The highest BCUT2D eigenvalue weighted by molar-refractivity contribution is 9.10. The fraction of sp³-hybridized carbons (Fsp3) is 0.118. The molecule has 124 valence electrons. The van der Waals surface area contributed by atoms with Gasteiger partial charge in [-0.1, -0.05) is 34.1 Å². The van der Waals surface area contributed by atoms with Gasteiger partial charge in [-0.15, -0.1) is 0 Å². The zero-order valence-electron chi connectivity index (χ0n) is 12.5. The minimum atomic E-state index is -3.65. The molecule has 0 unspecified atom stereocenters. The summed E-state index contributed by atoms with van der Waals surface area (Å²) in [5.74, 6) is -1.34. The summed E-state index contributed by atoms with van der Waals surface area (Å²) in [6, 6.07) is 10.9. The van der Waals surface area contributed by atoms with E-state index in [0.717, 1.165) is 16.8 Å². The Labute approximate surface area is 147 Å². The zero-order chi connectivity index (χ0) is 17.5. The van der Waals surface area contributed by atoms with E-state index in [-0.39, 0.29) is 11.5 Å². The molecule has 0 N–H and O–H groups in total. The highest BCUT2D eigenvalue weighted by Gasteiger charge is 2.28. The van der Waals surface area contributed by atoms with E-state index in [4.69, 9.17) is 4.74 Å². The van der Waals surface area contributed by atoms with Crippen LogP contribution in [0.15, 0.2) is 51.8 Å². The van der Waals surface area contributed by atoms with E-state index >= 15 is 0 Å². The Morgan fingerprint density at radius 2 is 1.88 bits per heavy atom. The summed E-state index contributed by atoms with van der Waals surface area (Å²) in [5, 5.41) is 0. The summed E-state index contributed by atoms with van der Waals surface area (Å²) in [4.78, 5) is 11.7. The van der Waals surface area contributed by atoms with Crippen molar-refractivity contribution >= 4 is 42.9 Å². The molecule has 0 spiro atoms. The van der Waals surface area contributed by atoms with Crippen molar-refractivity contribution < 1.29 is 22.3 Å². The van der Waals surface area contributed by atoms with Gasteiger partial charge in [-0.25, -0.2) is 17.6 Å². The van der Waals surface area contributed by atoms with Crippen molar-refractivity contribution in [2.24, 2.45) is 0 Å². The first-order valence-electron chi connectivity index (χ1n) is 6.93. The van der Waals surface area contributed by atoms with Crippen molar-refractivity contribution in [1.29, 1.82) is 0 Å². The van der Waals surface area contributed by atoms with Crippen LogP contribution in [0.4, 0.5) is 4.39 Å². The number of benzene rings is 2. The van der Waals surface area contributed by atoms with Crippen molar-refractivity contribution in [3.8, 4) is 0 Å². The van der Waals surface area contributed by atoms with Gasteiger partial charge in [-0.3, -0.25) is 0 Å². The number of halogens is 2. The van der Waals surface area contributed by atoms with Gasteiger partial charge < -0.3 is 4.74 Å². The first-order valence-corrected chi connectivity index (χ1v) is 9.62. The summed E-state index contributed by atoms with van der Waals surface area (Å²) in [7, 11) is -3.65. The fourth-order valence-corrected chi connectivity index (χ4v) is 3.69. The lowest BCUT2D eigenvalue weighted by Crippen LogP contribution is -2.02. The van der Waals surface area contributed by atoms with Crippen LogP contribution in [-0.4, -0.2) is 27.2 Å². The van der Waals surface area contributed by atoms with Gasteiger partial charge in [0.15, 0.2) is 9.84 Å². The maximum atomic E-state index is 14.2. The van der Waals surface area contributed by atoms with Gasteiger partial charge in [-0.2, -0.15) is 0 Å². The van der Waals surface area contributed by atoms with Gasteiger partial charge in [0.25, 0.3) is 0 Å². The second-order valence-electron chi connectivity index (χ2n) is 5.36. The molecular weight excluding hydrogens is 399 g/mol. The molecular formula is C17H12BrFO4S. The van der Waals surface area contributed by atoms with Gasteiger partial charge >= 0.3 is 5.97 Å². The minimum absolute atomic E-state index is 0.0122. The molecule has 2 aromatic carbocycles. The van der Waals surface area contributed by atoms with E-state index < -0.39 is 21.6 Å². The molecule has 2 aromatic rings. The minimum Gasteiger partial charge on any atom is -0.457 e. The third kappa shape index (κ3) is 3.14. The molecule has 24 heavy (non-hydrogen) atoms. The highest BCUT2D eigenvalue weighted by atomic mass is 79.9. The molecule has 0 fully saturated rings. The molecule has 0 saturated carbocycles. The molecule has 1 aliphatic rings. The molecule has 0 atom stereocenters. The largest absolute Gasteiger partial charge is 0.457 e. The number of ether oxygens (including phenoxy) is 1. The highest BCUT2D eigenvalue weighted by Crippen LogP contribution is 2.34. The second-order valence-corrected chi connectivity index (χ2v) is 8.26.